The number of thioether (sulfide) groups is 1. The molecule has 110 valence electrons. The van der Waals surface area contributed by atoms with Gasteiger partial charge < -0.3 is 10.1 Å². The van der Waals surface area contributed by atoms with E-state index in [4.69, 9.17) is 11.6 Å². The molecule has 7 heteroatoms. The predicted molar refractivity (Wildman–Crippen MR) is 77.9 cm³/mol. The van der Waals surface area contributed by atoms with Crippen LogP contribution in [-0.4, -0.2) is 12.2 Å². The normalized spacial score (nSPS) is 13.7. The molecule has 1 heterocycles. The Bertz CT molecular complexity index is 690. The molecule has 21 heavy (non-hydrogen) atoms. The van der Waals surface area contributed by atoms with Crippen molar-refractivity contribution in [2.45, 2.75) is 11.3 Å². The van der Waals surface area contributed by atoms with Crippen LogP contribution in [0.1, 0.15) is 0 Å². The zero-order valence-electron chi connectivity index (χ0n) is 10.5. The maximum absolute atomic E-state index is 12.5. The van der Waals surface area contributed by atoms with Crippen LogP contribution in [0.25, 0.3) is 11.1 Å². The fraction of sp³-hybridized carbons (Fsp3) is 0.143. The summed E-state index contributed by atoms with van der Waals surface area (Å²) in [7, 11) is 0. The summed E-state index contributed by atoms with van der Waals surface area (Å²) in [4.78, 5) is 0.977. The van der Waals surface area contributed by atoms with Gasteiger partial charge in [0.1, 0.15) is 5.75 Å². The van der Waals surface area contributed by atoms with Gasteiger partial charge in [-0.1, -0.05) is 23.7 Å². The summed E-state index contributed by atoms with van der Waals surface area (Å²) in [5.41, 5.74) is 1.80. The van der Waals surface area contributed by atoms with Crippen LogP contribution in [0.2, 0.25) is 5.02 Å². The minimum absolute atomic E-state index is 0.215. The SMILES string of the molecule is FC(F)(F)Oc1cccc(Cl)c1-c1ccc2c(c1)SCN2. The van der Waals surface area contributed by atoms with Crippen LogP contribution in [0.15, 0.2) is 41.3 Å². The van der Waals surface area contributed by atoms with E-state index in [1.54, 1.807) is 23.9 Å². The Kier molecular flexibility index (Phi) is 3.67. The molecule has 0 atom stereocenters. The summed E-state index contributed by atoms with van der Waals surface area (Å²) in [6.45, 7) is 0. The zero-order valence-corrected chi connectivity index (χ0v) is 12.1. The quantitative estimate of drug-likeness (QED) is 0.798. The number of alkyl halides is 3. The summed E-state index contributed by atoms with van der Waals surface area (Å²) < 4.78 is 41.6. The molecule has 1 N–H and O–H groups in total. The number of ether oxygens (including phenoxy) is 1. The van der Waals surface area contributed by atoms with Crippen LogP contribution in [0, 0.1) is 0 Å². The second kappa shape index (κ2) is 5.35. The van der Waals surface area contributed by atoms with Crippen molar-refractivity contribution < 1.29 is 17.9 Å². The van der Waals surface area contributed by atoms with Crippen LogP contribution in [0.3, 0.4) is 0 Å². The van der Waals surface area contributed by atoms with Crippen LogP contribution in [-0.2, 0) is 0 Å². The average Bonchev–Trinajstić information content (AvgIpc) is 2.84. The van der Waals surface area contributed by atoms with Crippen molar-refractivity contribution in [3.63, 3.8) is 0 Å². The first-order valence-electron chi connectivity index (χ1n) is 5.99. The van der Waals surface area contributed by atoms with Crippen molar-refractivity contribution in [3.8, 4) is 16.9 Å². The third kappa shape index (κ3) is 3.06. The molecule has 0 bridgehead atoms. The van der Waals surface area contributed by atoms with Gasteiger partial charge in [0.05, 0.1) is 10.9 Å². The summed E-state index contributed by atoms with van der Waals surface area (Å²) in [5, 5.41) is 3.38. The smallest absolute Gasteiger partial charge is 0.405 e. The topological polar surface area (TPSA) is 21.3 Å². The molecule has 2 aromatic rings. The monoisotopic (exact) mass is 331 g/mol. The van der Waals surface area contributed by atoms with E-state index in [0.717, 1.165) is 16.5 Å². The molecule has 0 unspecified atom stereocenters. The van der Waals surface area contributed by atoms with E-state index in [1.807, 2.05) is 12.1 Å². The van der Waals surface area contributed by atoms with Gasteiger partial charge in [-0.05, 0) is 29.8 Å². The summed E-state index contributed by atoms with van der Waals surface area (Å²) in [6.07, 6.45) is -4.76. The molecule has 0 spiro atoms. The Labute approximate surface area is 128 Å². The number of rotatable bonds is 2. The second-order valence-corrected chi connectivity index (χ2v) is 5.76. The van der Waals surface area contributed by atoms with Crippen LogP contribution < -0.4 is 10.1 Å². The van der Waals surface area contributed by atoms with Crippen LogP contribution in [0.4, 0.5) is 18.9 Å². The first kappa shape index (κ1) is 14.4. The van der Waals surface area contributed by atoms with Crippen molar-refractivity contribution in [1.82, 2.24) is 0 Å². The van der Waals surface area contributed by atoms with Gasteiger partial charge in [0.2, 0.25) is 0 Å². The molecule has 0 saturated heterocycles. The van der Waals surface area contributed by atoms with Gasteiger partial charge in [-0.2, -0.15) is 0 Å². The number of halogens is 4. The van der Waals surface area contributed by atoms with Crippen LogP contribution >= 0.6 is 23.4 Å². The first-order chi connectivity index (χ1) is 9.94. The molecular weight excluding hydrogens is 323 g/mol. The van der Waals surface area contributed by atoms with Crippen molar-refractivity contribution >= 4 is 29.1 Å². The van der Waals surface area contributed by atoms with Crippen molar-refractivity contribution in [3.05, 3.63) is 41.4 Å². The van der Waals surface area contributed by atoms with Gasteiger partial charge in [0.15, 0.2) is 0 Å². The Hall–Kier alpha value is -1.53. The van der Waals surface area contributed by atoms with E-state index in [2.05, 4.69) is 10.1 Å². The Morgan fingerprint density at radius 2 is 2.00 bits per heavy atom. The highest BCUT2D eigenvalue weighted by molar-refractivity contribution is 7.99. The standard InChI is InChI=1S/C14H9ClF3NOS/c15-9-2-1-3-11(20-14(16,17)18)13(9)8-4-5-10-12(6-8)21-7-19-10/h1-6,19H,7H2. The molecular formula is C14H9ClF3NOS. The summed E-state index contributed by atoms with van der Waals surface area (Å²) >= 11 is 7.66. The van der Waals surface area contributed by atoms with Gasteiger partial charge in [0.25, 0.3) is 0 Å². The van der Waals surface area contributed by atoms with E-state index < -0.39 is 6.36 Å². The Morgan fingerprint density at radius 3 is 2.76 bits per heavy atom. The lowest BCUT2D eigenvalue weighted by Gasteiger charge is -2.15. The molecule has 1 aliphatic rings. The zero-order chi connectivity index (χ0) is 15.0. The molecule has 0 saturated carbocycles. The largest absolute Gasteiger partial charge is 0.573 e. The molecule has 3 rings (SSSR count). The second-order valence-electron chi connectivity index (χ2n) is 4.34. The molecule has 0 aromatic heterocycles. The lowest BCUT2D eigenvalue weighted by atomic mass is 10.0. The number of hydrogen-bond acceptors (Lipinski definition) is 3. The maximum Gasteiger partial charge on any atom is 0.573 e. The Balaban J connectivity index is 2.09. The highest BCUT2D eigenvalue weighted by Crippen LogP contribution is 2.42. The van der Waals surface area contributed by atoms with E-state index in [1.165, 1.54) is 12.1 Å². The summed E-state index contributed by atoms with van der Waals surface area (Å²) in [5.74, 6) is 0.443. The van der Waals surface area contributed by atoms with E-state index in [-0.39, 0.29) is 16.3 Å². The summed E-state index contributed by atoms with van der Waals surface area (Å²) in [6, 6.07) is 9.58. The van der Waals surface area contributed by atoms with Crippen LogP contribution in [0.5, 0.6) is 5.75 Å². The highest BCUT2D eigenvalue weighted by Gasteiger charge is 2.32. The van der Waals surface area contributed by atoms with Gasteiger partial charge in [0, 0.05) is 16.1 Å². The van der Waals surface area contributed by atoms with Crippen molar-refractivity contribution in [1.29, 1.82) is 0 Å². The Morgan fingerprint density at radius 1 is 1.19 bits per heavy atom. The lowest BCUT2D eigenvalue weighted by molar-refractivity contribution is -0.274. The van der Waals surface area contributed by atoms with Crippen molar-refractivity contribution in [2.75, 3.05) is 11.2 Å². The van der Waals surface area contributed by atoms with Gasteiger partial charge >= 0.3 is 6.36 Å². The maximum atomic E-state index is 12.5. The highest BCUT2D eigenvalue weighted by atomic mass is 35.5. The molecule has 2 nitrogen and oxygen atoms in total. The number of hydrogen-bond donors (Lipinski definition) is 1. The number of fused-ring (bicyclic) bond motifs is 1. The van der Waals surface area contributed by atoms with Gasteiger partial charge in [-0.15, -0.1) is 24.9 Å². The molecule has 0 amide bonds. The fourth-order valence-corrected chi connectivity index (χ4v) is 3.29. The van der Waals surface area contributed by atoms with E-state index in [0.29, 0.717) is 5.56 Å². The first-order valence-corrected chi connectivity index (χ1v) is 7.36. The molecule has 0 aliphatic carbocycles. The minimum atomic E-state index is -4.76. The third-order valence-electron chi connectivity index (χ3n) is 2.96. The number of benzene rings is 2. The molecule has 1 aliphatic heterocycles. The molecule has 0 radical (unpaired) electrons. The van der Waals surface area contributed by atoms with E-state index >= 15 is 0 Å². The average molecular weight is 332 g/mol. The van der Waals surface area contributed by atoms with E-state index in [9.17, 15) is 13.2 Å². The fourth-order valence-electron chi connectivity index (χ4n) is 2.13. The predicted octanol–water partition coefficient (Wildman–Crippen LogP) is 5.38. The number of nitrogens with one attached hydrogen (secondary N) is 1. The van der Waals surface area contributed by atoms with Gasteiger partial charge in [-0.25, -0.2) is 0 Å². The third-order valence-corrected chi connectivity index (χ3v) is 4.21. The molecule has 2 aromatic carbocycles. The van der Waals surface area contributed by atoms with Gasteiger partial charge in [-0.3, -0.25) is 0 Å². The lowest BCUT2D eigenvalue weighted by Crippen LogP contribution is -2.17. The minimum Gasteiger partial charge on any atom is -0.405 e. The molecule has 0 fully saturated rings. The van der Waals surface area contributed by atoms with Crippen molar-refractivity contribution in [2.24, 2.45) is 0 Å². The number of anilines is 1.